The zero-order valence-electron chi connectivity index (χ0n) is 6.09. The molecule has 0 bridgehead atoms. The van der Waals surface area contributed by atoms with E-state index in [9.17, 15) is 0 Å². The van der Waals surface area contributed by atoms with Gasteiger partial charge in [-0.25, -0.2) is 0 Å². The molecule has 0 heterocycles. The third-order valence-corrected chi connectivity index (χ3v) is 4.22. The van der Waals surface area contributed by atoms with Crippen molar-refractivity contribution in [1.29, 1.82) is 0 Å². The Balaban J connectivity index is 2.13. The molecule has 2 rings (SSSR count). The average molecular weight is 248 g/mol. The van der Waals surface area contributed by atoms with Gasteiger partial charge in [0.2, 0.25) is 0 Å². The van der Waals surface area contributed by atoms with Gasteiger partial charge >= 0.3 is 0 Å². The normalized spacial score (nSPS) is 45.5. The summed E-state index contributed by atoms with van der Waals surface area (Å²) in [5.74, 6) is 2.08. The van der Waals surface area contributed by atoms with Gasteiger partial charge in [0.1, 0.15) is 0 Å². The Bertz CT molecular complexity index is 151. The first kappa shape index (κ1) is 7.14. The summed E-state index contributed by atoms with van der Waals surface area (Å²) in [5.41, 5.74) is 0. The van der Waals surface area contributed by atoms with Crippen LogP contribution in [0, 0.1) is 11.8 Å². The number of hydrogen-bond acceptors (Lipinski definition) is 0. The second-order valence-electron chi connectivity index (χ2n) is 3.46. The zero-order chi connectivity index (χ0) is 6.97. The van der Waals surface area contributed by atoms with Crippen molar-refractivity contribution in [2.45, 2.75) is 29.6 Å². The second kappa shape index (κ2) is 2.84. The number of allylic oxidation sites excluding steroid dienone is 2. The molecule has 0 aromatic carbocycles. The molecule has 0 nitrogen and oxygen atoms in total. The minimum atomic E-state index is 0.846. The Morgan fingerprint density at radius 3 is 3.00 bits per heavy atom. The van der Waals surface area contributed by atoms with Crippen molar-refractivity contribution in [2.24, 2.45) is 11.8 Å². The van der Waals surface area contributed by atoms with Gasteiger partial charge in [0, 0.05) is 3.92 Å². The van der Waals surface area contributed by atoms with Gasteiger partial charge in [-0.1, -0.05) is 41.2 Å². The summed E-state index contributed by atoms with van der Waals surface area (Å²) in [7, 11) is 0. The Kier molecular flexibility index (Phi) is 2.03. The standard InChI is InChI=1S/C9H13I/c10-9-6-2-4-7-3-1-5-8(7)9/h2,6-9H,1,3-5H2/t7-,8?,9?/m1/s1. The van der Waals surface area contributed by atoms with Crippen LogP contribution in [0.25, 0.3) is 0 Å². The van der Waals surface area contributed by atoms with E-state index >= 15 is 0 Å². The highest BCUT2D eigenvalue weighted by Crippen LogP contribution is 2.42. The fourth-order valence-corrected chi connectivity index (χ4v) is 3.54. The fourth-order valence-electron chi connectivity index (χ4n) is 2.30. The Labute approximate surface area is 76.2 Å². The second-order valence-corrected chi connectivity index (χ2v) is 4.90. The van der Waals surface area contributed by atoms with Gasteiger partial charge in [-0.2, -0.15) is 0 Å². The highest BCUT2D eigenvalue weighted by Gasteiger charge is 2.32. The molecule has 0 amide bonds. The van der Waals surface area contributed by atoms with Crippen molar-refractivity contribution >= 4 is 22.6 Å². The maximum absolute atomic E-state index is 2.59. The van der Waals surface area contributed by atoms with E-state index in [4.69, 9.17) is 0 Å². The van der Waals surface area contributed by atoms with Crippen LogP contribution in [0.4, 0.5) is 0 Å². The smallest absolute Gasteiger partial charge is 0.0320 e. The SMILES string of the molecule is IC1C=CC[C@H]2CCCC12. The number of alkyl halides is 1. The largest absolute Gasteiger partial charge is 0.0872 e. The maximum Gasteiger partial charge on any atom is 0.0320 e. The zero-order valence-corrected chi connectivity index (χ0v) is 8.25. The number of hydrogen-bond donors (Lipinski definition) is 0. The van der Waals surface area contributed by atoms with Gasteiger partial charge in [-0.15, -0.1) is 0 Å². The summed E-state index contributed by atoms with van der Waals surface area (Å²) in [5, 5.41) is 0. The predicted molar refractivity (Wildman–Crippen MR) is 52.4 cm³/mol. The molecule has 56 valence electrons. The van der Waals surface area contributed by atoms with E-state index in [1.807, 2.05) is 0 Å². The van der Waals surface area contributed by atoms with Gasteiger partial charge in [0.15, 0.2) is 0 Å². The lowest BCUT2D eigenvalue weighted by molar-refractivity contribution is 0.395. The van der Waals surface area contributed by atoms with Crippen LogP contribution in [0.1, 0.15) is 25.7 Å². The molecular formula is C9H13I. The molecule has 0 aliphatic heterocycles. The van der Waals surface area contributed by atoms with E-state index in [-0.39, 0.29) is 0 Å². The summed E-state index contributed by atoms with van der Waals surface area (Å²) in [6.07, 6.45) is 10.6. The van der Waals surface area contributed by atoms with Gasteiger partial charge in [-0.05, 0) is 31.1 Å². The first-order valence-electron chi connectivity index (χ1n) is 4.18. The monoisotopic (exact) mass is 248 g/mol. The van der Waals surface area contributed by atoms with Crippen molar-refractivity contribution in [1.82, 2.24) is 0 Å². The molecule has 2 aliphatic rings. The fraction of sp³-hybridized carbons (Fsp3) is 0.778. The van der Waals surface area contributed by atoms with Crippen molar-refractivity contribution < 1.29 is 0 Å². The van der Waals surface area contributed by atoms with Crippen LogP contribution in [-0.2, 0) is 0 Å². The van der Waals surface area contributed by atoms with E-state index < -0.39 is 0 Å². The van der Waals surface area contributed by atoms with Crippen LogP contribution in [-0.4, -0.2) is 3.92 Å². The molecule has 0 aromatic rings. The third kappa shape index (κ3) is 1.13. The van der Waals surface area contributed by atoms with Crippen molar-refractivity contribution in [2.75, 3.05) is 0 Å². The summed E-state index contributed by atoms with van der Waals surface area (Å²) >= 11 is 2.59. The van der Waals surface area contributed by atoms with E-state index in [1.54, 1.807) is 0 Å². The quantitative estimate of drug-likeness (QED) is 0.351. The molecule has 0 aromatic heterocycles. The highest BCUT2D eigenvalue weighted by molar-refractivity contribution is 14.1. The van der Waals surface area contributed by atoms with Crippen LogP contribution < -0.4 is 0 Å². The van der Waals surface area contributed by atoms with E-state index in [2.05, 4.69) is 34.7 Å². The van der Waals surface area contributed by atoms with Crippen LogP contribution >= 0.6 is 22.6 Å². The minimum absolute atomic E-state index is 0.846. The number of halogens is 1. The third-order valence-electron chi connectivity index (χ3n) is 2.89. The first-order chi connectivity index (χ1) is 4.88. The van der Waals surface area contributed by atoms with Crippen molar-refractivity contribution in [3.05, 3.63) is 12.2 Å². The molecular weight excluding hydrogens is 235 g/mol. The van der Waals surface area contributed by atoms with Crippen LogP contribution in [0.5, 0.6) is 0 Å². The lowest BCUT2D eigenvalue weighted by Gasteiger charge is -2.25. The molecule has 1 fully saturated rings. The van der Waals surface area contributed by atoms with Crippen LogP contribution in [0.2, 0.25) is 0 Å². The Morgan fingerprint density at radius 1 is 1.30 bits per heavy atom. The summed E-state index contributed by atoms with van der Waals surface area (Å²) in [4.78, 5) is 0. The van der Waals surface area contributed by atoms with Crippen LogP contribution in [0.3, 0.4) is 0 Å². The predicted octanol–water partition coefficient (Wildman–Crippen LogP) is 3.17. The maximum atomic E-state index is 2.59. The molecule has 2 aliphatic carbocycles. The number of rotatable bonds is 0. The molecule has 2 unspecified atom stereocenters. The molecule has 1 saturated carbocycles. The van der Waals surface area contributed by atoms with E-state index in [1.165, 1.54) is 25.7 Å². The highest BCUT2D eigenvalue weighted by atomic mass is 127. The summed E-state index contributed by atoms with van der Waals surface area (Å²) < 4.78 is 0.846. The Hall–Kier alpha value is 0.470. The molecule has 1 heteroatoms. The van der Waals surface area contributed by atoms with Crippen molar-refractivity contribution in [3.8, 4) is 0 Å². The molecule has 0 saturated heterocycles. The molecule has 3 atom stereocenters. The van der Waals surface area contributed by atoms with Crippen LogP contribution in [0.15, 0.2) is 12.2 Å². The van der Waals surface area contributed by atoms with Gasteiger partial charge in [-0.3, -0.25) is 0 Å². The lowest BCUT2D eigenvalue weighted by atomic mass is 9.86. The number of fused-ring (bicyclic) bond motifs is 1. The average Bonchev–Trinajstić information content (AvgIpc) is 2.36. The van der Waals surface area contributed by atoms with Crippen molar-refractivity contribution in [3.63, 3.8) is 0 Å². The van der Waals surface area contributed by atoms with E-state index in [0.717, 1.165) is 15.8 Å². The van der Waals surface area contributed by atoms with Gasteiger partial charge < -0.3 is 0 Å². The topological polar surface area (TPSA) is 0 Å². The molecule has 0 N–H and O–H groups in total. The van der Waals surface area contributed by atoms with E-state index in [0.29, 0.717) is 0 Å². The molecule has 0 spiro atoms. The van der Waals surface area contributed by atoms with Gasteiger partial charge in [0.25, 0.3) is 0 Å². The molecule has 10 heavy (non-hydrogen) atoms. The summed E-state index contributed by atoms with van der Waals surface area (Å²) in [6, 6.07) is 0. The lowest BCUT2D eigenvalue weighted by Crippen LogP contribution is -2.19. The molecule has 0 radical (unpaired) electrons. The minimum Gasteiger partial charge on any atom is -0.0872 e. The Morgan fingerprint density at radius 2 is 2.20 bits per heavy atom. The summed E-state index contributed by atoms with van der Waals surface area (Å²) in [6.45, 7) is 0. The van der Waals surface area contributed by atoms with Gasteiger partial charge in [0.05, 0.1) is 0 Å². The first-order valence-corrected chi connectivity index (χ1v) is 5.43.